The molecule has 0 amide bonds. The molecule has 0 saturated carbocycles. The SMILES string of the molecule is CCNS(=O)(=O)c1ccc(NCC2CCOC2)cc1. The van der Waals surface area contributed by atoms with E-state index in [0.717, 1.165) is 31.9 Å². The first-order chi connectivity index (χ1) is 9.12. The predicted molar refractivity (Wildman–Crippen MR) is 74.7 cm³/mol. The topological polar surface area (TPSA) is 67.4 Å². The van der Waals surface area contributed by atoms with Crippen molar-refractivity contribution in [2.75, 3.05) is 31.6 Å². The molecule has 1 aliphatic heterocycles. The Bertz CT molecular complexity index is 493. The van der Waals surface area contributed by atoms with Gasteiger partial charge in [0, 0.05) is 31.3 Å². The molecule has 1 unspecified atom stereocenters. The molecule has 0 aromatic heterocycles. The number of benzene rings is 1. The number of ether oxygens (including phenoxy) is 1. The van der Waals surface area contributed by atoms with Crippen LogP contribution in [0.15, 0.2) is 29.2 Å². The molecule has 0 aliphatic carbocycles. The highest BCUT2D eigenvalue weighted by Crippen LogP contribution is 2.16. The van der Waals surface area contributed by atoms with E-state index in [0.29, 0.717) is 17.4 Å². The average Bonchev–Trinajstić information content (AvgIpc) is 2.90. The van der Waals surface area contributed by atoms with E-state index in [1.54, 1.807) is 31.2 Å². The molecule has 1 fully saturated rings. The Morgan fingerprint density at radius 3 is 2.63 bits per heavy atom. The van der Waals surface area contributed by atoms with Crippen molar-refractivity contribution in [2.24, 2.45) is 5.92 Å². The van der Waals surface area contributed by atoms with E-state index in [-0.39, 0.29) is 0 Å². The zero-order valence-electron chi connectivity index (χ0n) is 11.1. The molecule has 0 bridgehead atoms. The fraction of sp³-hybridized carbons (Fsp3) is 0.538. The lowest BCUT2D eigenvalue weighted by Crippen LogP contribution is -2.23. The Kier molecular flexibility index (Phi) is 4.79. The maximum absolute atomic E-state index is 11.8. The fourth-order valence-corrected chi connectivity index (χ4v) is 3.07. The van der Waals surface area contributed by atoms with Gasteiger partial charge >= 0.3 is 0 Å². The maximum Gasteiger partial charge on any atom is 0.240 e. The zero-order chi connectivity index (χ0) is 13.7. The highest BCUT2D eigenvalue weighted by molar-refractivity contribution is 7.89. The largest absolute Gasteiger partial charge is 0.385 e. The van der Waals surface area contributed by atoms with Crippen molar-refractivity contribution in [3.8, 4) is 0 Å². The van der Waals surface area contributed by atoms with Crippen LogP contribution in [0.4, 0.5) is 5.69 Å². The summed E-state index contributed by atoms with van der Waals surface area (Å²) in [6.07, 6.45) is 1.08. The molecule has 1 heterocycles. The summed E-state index contributed by atoms with van der Waals surface area (Å²) < 4.78 is 31.3. The first-order valence-corrected chi connectivity index (χ1v) is 8.01. The number of sulfonamides is 1. The van der Waals surface area contributed by atoms with E-state index in [9.17, 15) is 8.42 Å². The number of hydrogen-bond donors (Lipinski definition) is 2. The van der Waals surface area contributed by atoms with E-state index in [1.165, 1.54) is 0 Å². The van der Waals surface area contributed by atoms with Gasteiger partial charge in [-0.2, -0.15) is 0 Å². The average molecular weight is 284 g/mol. The van der Waals surface area contributed by atoms with E-state index >= 15 is 0 Å². The summed E-state index contributed by atoms with van der Waals surface area (Å²) >= 11 is 0. The molecule has 1 saturated heterocycles. The monoisotopic (exact) mass is 284 g/mol. The minimum Gasteiger partial charge on any atom is -0.385 e. The summed E-state index contributed by atoms with van der Waals surface area (Å²) in [6, 6.07) is 6.82. The second kappa shape index (κ2) is 6.36. The summed E-state index contributed by atoms with van der Waals surface area (Å²) in [6.45, 7) is 4.66. The van der Waals surface area contributed by atoms with Gasteiger partial charge in [-0.3, -0.25) is 0 Å². The smallest absolute Gasteiger partial charge is 0.240 e. The Balaban J connectivity index is 1.94. The van der Waals surface area contributed by atoms with Crippen LogP contribution in [-0.4, -0.2) is 34.7 Å². The summed E-state index contributed by atoms with van der Waals surface area (Å²) in [5.41, 5.74) is 0.933. The lowest BCUT2D eigenvalue weighted by atomic mass is 10.1. The minimum absolute atomic E-state index is 0.295. The first-order valence-electron chi connectivity index (χ1n) is 6.53. The molecule has 0 radical (unpaired) electrons. The molecule has 1 aromatic carbocycles. The van der Waals surface area contributed by atoms with Gasteiger partial charge in [0.15, 0.2) is 0 Å². The third-order valence-corrected chi connectivity index (χ3v) is 4.68. The maximum atomic E-state index is 11.8. The normalized spacial score (nSPS) is 19.5. The molecule has 6 heteroatoms. The van der Waals surface area contributed by atoms with E-state index in [4.69, 9.17) is 4.74 Å². The van der Waals surface area contributed by atoms with Gasteiger partial charge in [-0.05, 0) is 30.7 Å². The van der Waals surface area contributed by atoms with Crippen LogP contribution in [0, 0.1) is 5.92 Å². The Morgan fingerprint density at radius 2 is 2.05 bits per heavy atom. The second-order valence-electron chi connectivity index (χ2n) is 4.64. The molecular weight excluding hydrogens is 264 g/mol. The standard InChI is InChI=1S/C13H20N2O3S/c1-2-15-19(16,17)13-5-3-12(4-6-13)14-9-11-7-8-18-10-11/h3-6,11,14-15H,2,7-10H2,1H3. The highest BCUT2D eigenvalue weighted by Gasteiger charge is 2.15. The molecule has 19 heavy (non-hydrogen) atoms. The molecular formula is C13H20N2O3S. The molecule has 0 spiro atoms. The quantitative estimate of drug-likeness (QED) is 0.829. The van der Waals surface area contributed by atoms with E-state index in [1.807, 2.05) is 0 Å². The number of hydrogen-bond acceptors (Lipinski definition) is 4. The minimum atomic E-state index is -3.36. The van der Waals surface area contributed by atoms with E-state index in [2.05, 4.69) is 10.0 Å². The summed E-state index contributed by atoms with van der Waals surface area (Å²) in [7, 11) is -3.36. The number of anilines is 1. The third kappa shape index (κ3) is 3.92. The molecule has 2 N–H and O–H groups in total. The van der Waals surface area contributed by atoms with Gasteiger partial charge in [0.25, 0.3) is 0 Å². The van der Waals surface area contributed by atoms with Crippen molar-refractivity contribution < 1.29 is 13.2 Å². The van der Waals surface area contributed by atoms with Crippen LogP contribution in [0.3, 0.4) is 0 Å². The van der Waals surface area contributed by atoms with Crippen molar-refractivity contribution in [1.29, 1.82) is 0 Å². The van der Waals surface area contributed by atoms with Crippen molar-refractivity contribution in [3.63, 3.8) is 0 Å². The molecule has 1 aromatic rings. The molecule has 2 rings (SSSR count). The fourth-order valence-electron chi connectivity index (χ4n) is 2.03. The Labute approximate surface area is 114 Å². The van der Waals surface area contributed by atoms with Crippen LogP contribution in [0.25, 0.3) is 0 Å². The van der Waals surface area contributed by atoms with Gasteiger partial charge in [-0.25, -0.2) is 13.1 Å². The zero-order valence-corrected chi connectivity index (χ0v) is 11.9. The van der Waals surface area contributed by atoms with Crippen LogP contribution in [0.5, 0.6) is 0 Å². The van der Waals surface area contributed by atoms with Crippen LogP contribution in [0.2, 0.25) is 0 Å². The van der Waals surface area contributed by atoms with Crippen molar-refractivity contribution >= 4 is 15.7 Å². The molecule has 1 aliphatic rings. The van der Waals surface area contributed by atoms with Gasteiger partial charge < -0.3 is 10.1 Å². The lowest BCUT2D eigenvalue weighted by Gasteiger charge is -2.11. The molecule has 106 valence electrons. The van der Waals surface area contributed by atoms with Crippen LogP contribution in [-0.2, 0) is 14.8 Å². The van der Waals surface area contributed by atoms with Crippen LogP contribution < -0.4 is 10.0 Å². The lowest BCUT2D eigenvalue weighted by molar-refractivity contribution is 0.187. The number of nitrogens with one attached hydrogen (secondary N) is 2. The van der Waals surface area contributed by atoms with Crippen LogP contribution >= 0.6 is 0 Å². The summed E-state index contributed by atoms with van der Waals surface area (Å²) in [4.78, 5) is 0.295. The highest BCUT2D eigenvalue weighted by atomic mass is 32.2. The van der Waals surface area contributed by atoms with Gasteiger partial charge in [-0.15, -0.1) is 0 Å². The van der Waals surface area contributed by atoms with Crippen LogP contribution in [0.1, 0.15) is 13.3 Å². The van der Waals surface area contributed by atoms with Gasteiger partial charge in [0.05, 0.1) is 11.5 Å². The van der Waals surface area contributed by atoms with Crippen molar-refractivity contribution in [2.45, 2.75) is 18.2 Å². The first kappa shape index (κ1) is 14.3. The van der Waals surface area contributed by atoms with Gasteiger partial charge in [0.2, 0.25) is 10.0 Å². The van der Waals surface area contributed by atoms with Gasteiger partial charge in [0.1, 0.15) is 0 Å². The summed E-state index contributed by atoms with van der Waals surface area (Å²) in [5, 5.41) is 3.30. The van der Waals surface area contributed by atoms with Crippen molar-refractivity contribution in [1.82, 2.24) is 4.72 Å². The van der Waals surface area contributed by atoms with E-state index < -0.39 is 10.0 Å². The summed E-state index contributed by atoms with van der Waals surface area (Å²) in [5.74, 6) is 0.546. The predicted octanol–water partition coefficient (Wildman–Crippen LogP) is 1.43. The Morgan fingerprint density at radius 1 is 1.32 bits per heavy atom. The molecule has 5 nitrogen and oxygen atoms in total. The van der Waals surface area contributed by atoms with Gasteiger partial charge in [-0.1, -0.05) is 6.92 Å². The Hall–Kier alpha value is -1.11. The molecule has 1 atom stereocenters. The van der Waals surface area contributed by atoms with Crippen molar-refractivity contribution in [3.05, 3.63) is 24.3 Å². The second-order valence-corrected chi connectivity index (χ2v) is 6.40. The number of rotatable bonds is 6. The third-order valence-electron chi connectivity index (χ3n) is 3.12.